The van der Waals surface area contributed by atoms with Crippen LogP contribution in [0.15, 0.2) is 36.8 Å². The predicted octanol–water partition coefficient (Wildman–Crippen LogP) is 3.19. The molecule has 3 heterocycles. The second-order valence-electron chi connectivity index (χ2n) is 8.60. The Hall–Kier alpha value is -3.13. The molecule has 1 saturated heterocycles. The molecule has 1 saturated carbocycles. The Morgan fingerprint density at radius 3 is 2.87 bits per heavy atom. The first-order chi connectivity index (χ1) is 15.1. The number of nitrogens with two attached hydrogens (primary N) is 1. The van der Waals surface area contributed by atoms with E-state index in [1.54, 1.807) is 6.33 Å². The molecule has 31 heavy (non-hydrogen) atoms. The van der Waals surface area contributed by atoms with E-state index in [0.29, 0.717) is 18.4 Å². The molecular formula is C23H28N6O2. The molecule has 162 valence electrons. The van der Waals surface area contributed by atoms with Crippen LogP contribution in [0.2, 0.25) is 0 Å². The number of nitrogens with zero attached hydrogens (tertiary/aromatic N) is 4. The van der Waals surface area contributed by atoms with Gasteiger partial charge in [0.25, 0.3) is 0 Å². The molecule has 8 nitrogen and oxygen atoms in total. The van der Waals surface area contributed by atoms with Crippen molar-refractivity contribution in [1.29, 1.82) is 0 Å². The van der Waals surface area contributed by atoms with E-state index in [2.05, 4.69) is 47.8 Å². The van der Waals surface area contributed by atoms with E-state index < -0.39 is 6.09 Å². The van der Waals surface area contributed by atoms with Crippen molar-refractivity contribution < 1.29 is 9.53 Å². The number of amides is 1. The number of fused-ring (bicyclic) bond motifs is 1. The number of nitrogens with one attached hydrogen (secondary N) is 1. The average Bonchev–Trinajstić information content (AvgIpc) is 3.10. The van der Waals surface area contributed by atoms with Gasteiger partial charge in [-0.05, 0) is 55.5 Å². The van der Waals surface area contributed by atoms with E-state index in [9.17, 15) is 4.79 Å². The number of carbonyl (C=O) groups excluding carboxylic acids is 1. The molecule has 1 amide bonds. The summed E-state index contributed by atoms with van der Waals surface area (Å²) >= 11 is 0. The highest BCUT2D eigenvalue weighted by atomic mass is 16.5. The molecule has 2 aliphatic rings. The smallest absolute Gasteiger partial charge is 0.407 e. The summed E-state index contributed by atoms with van der Waals surface area (Å²) in [5.41, 5.74) is 10.2. The second-order valence-corrected chi connectivity index (χ2v) is 8.60. The third-order valence-corrected chi connectivity index (χ3v) is 6.57. The number of likely N-dealkylation sites (tertiary alicyclic amines) is 1. The second kappa shape index (κ2) is 8.19. The molecule has 3 N–H and O–H groups in total. The van der Waals surface area contributed by atoms with Crippen LogP contribution in [0.5, 0.6) is 0 Å². The first-order valence-electron chi connectivity index (χ1n) is 10.9. The minimum absolute atomic E-state index is 0.395. The first-order valence-corrected chi connectivity index (χ1v) is 10.9. The van der Waals surface area contributed by atoms with E-state index in [1.807, 2.05) is 12.1 Å². The molecule has 2 aromatic heterocycles. The maximum Gasteiger partial charge on any atom is 0.407 e. The maximum atomic E-state index is 11.4. The Balaban J connectivity index is 1.42. The zero-order valence-corrected chi connectivity index (χ0v) is 17.8. The highest BCUT2D eigenvalue weighted by Crippen LogP contribution is 2.43. The summed E-state index contributed by atoms with van der Waals surface area (Å²) in [5, 5.41) is 3.62. The van der Waals surface area contributed by atoms with Gasteiger partial charge in [-0.3, -0.25) is 0 Å². The lowest BCUT2D eigenvalue weighted by molar-refractivity contribution is 0.0921. The Morgan fingerprint density at radius 2 is 2.13 bits per heavy atom. The third kappa shape index (κ3) is 3.83. The summed E-state index contributed by atoms with van der Waals surface area (Å²) in [6.07, 6.45) is 6.96. The van der Waals surface area contributed by atoms with Gasteiger partial charge >= 0.3 is 6.09 Å². The van der Waals surface area contributed by atoms with Gasteiger partial charge in [0.15, 0.2) is 0 Å². The van der Waals surface area contributed by atoms with Crippen LogP contribution in [0.3, 0.4) is 0 Å². The molecule has 0 atom stereocenters. The molecule has 0 spiro atoms. The van der Waals surface area contributed by atoms with Crippen LogP contribution in [0.4, 0.5) is 10.6 Å². The van der Waals surface area contributed by atoms with Crippen LogP contribution in [0.25, 0.3) is 22.2 Å². The molecule has 0 bridgehead atoms. The molecule has 0 unspecified atom stereocenters. The highest BCUT2D eigenvalue weighted by molar-refractivity contribution is 6.00. The Morgan fingerprint density at radius 1 is 1.29 bits per heavy atom. The molecular weight excluding hydrogens is 392 g/mol. The van der Waals surface area contributed by atoms with Crippen molar-refractivity contribution in [2.24, 2.45) is 5.92 Å². The fourth-order valence-electron chi connectivity index (χ4n) is 4.71. The molecule has 2 fully saturated rings. The summed E-state index contributed by atoms with van der Waals surface area (Å²) < 4.78 is 6.95. The van der Waals surface area contributed by atoms with Gasteiger partial charge in [0.05, 0.1) is 12.5 Å². The van der Waals surface area contributed by atoms with Crippen LogP contribution in [0, 0.1) is 5.92 Å². The number of rotatable bonds is 6. The molecule has 8 heteroatoms. The number of methoxy groups -OCH3 is 1. The van der Waals surface area contributed by atoms with Gasteiger partial charge in [0.1, 0.15) is 17.8 Å². The van der Waals surface area contributed by atoms with Crippen LogP contribution in [0.1, 0.15) is 30.9 Å². The molecule has 0 radical (unpaired) electrons. The number of anilines is 1. The molecule has 3 aromatic rings. The van der Waals surface area contributed by atoms with E-state index >= 15 is 0 Å². The number of benzene rings is 1. The Kier molecular flexibility index (Phi) is 5.23. The number of aromatic nitrogens is 3. The van der Waals surface area contributed by atoms with Gasteiger partial charge in [0.2, 0.25) is 0 Å². The summed E-state index contributed by atoms with van der Waals surface area (Å²) in [7, 11) is 1.36. The van der Waals surface area contributed by atoms with Gasteiger partial charge in [0, 0.05) is 30.9 Å². The number of hydrogen-bond acceptors (Lipinski definition) is 6. The Labute approximate surface area is 181 Å². The lowest BCUT2D eigenvalue weighted by Gasteiger charge is -2.42. The normalized spacial score (nSPS) is 20.8. The number of ether oxygens (including phenoxy) is 1. The molecule has 1 aliphatic carbocycles. The Bertz CT molecular complexity index is 1100. The lowest BCUT2D eigenvalue weighted by atomic mass is 9.79. The number of hydrogen-bond donors (Lipinski definition) is 2. The topological polar surface area (TPSA) is 98.3 Å². The SMILES string of the molecule is COC(=O)NCc1cccc(-c2cn(C3CC(CN4CCC4)C3)c3ncnc(N)c23)c1. The van der Waals surface area contributed by atoms with Crippen molar-refractivity contribution in [1.82, 2.24) is 24.8 Å². The number of alkyl carbamates (subject to hydrolysis) is 1. The van der Waals surface area contributed by atoms with Crippen molar-refractivity contribution in [3.05, 3.63) is 42.4 Å². The zero-order valence-electron chi connectivity index (χ0n) is 17.8. The first kappa shape index (κ1) is 19.8. The standard InChI is InChI=1S/C23H28N6O2/c1-31-23(30)25-11-15-4-2-5-17(8-15)19-13-29(22-20(19)21(24)26-14-27-22)18-9-16(10-18)12-28-6-3-7-28/h2,4-5,8,13-14,16,18H,3,6-7,9-12H2,1H3,(H,25,30)(H2,24,26,27). The molecule has 1 aliphatic heterocycles. The minimum Gasteiger partial charge on any atom is -0.453 e. The van der Waals surface area contributed by atoms with Gasteiger partial charge in [-0.15, -0.1) is 0 Å². The van der Waals surface area contributed by atoms with Gasteiger partial charge in [-0.1, -0.05) is 18.2 Å². The summed E-state index contributed by atoms with van der Waals surface area (Å²) in [6.45, 7) is 4.12. The summed E-state index contributed by atoms with van der Waals surface area (Å²) in [6, 6.07) is 8.53. The number of nitrogen functional groups attached to an aromatic ring is 1. The fraction of sp³-hybridized carbons (Fsp3) is 0.435. The van der Waals surface area contributed by atoms with Gasteiger partial charge in [-0.2, -0.15) is 0 Å². The van der Waals surface area contributed by atoms with Crippen LogP contribution >= 0.6 is 0 Å². The zero-order chi connectivity index (χ0) is 21.4. The van der Waals surface area contributed by atoms with E-state index in [-0.39, 0.29) is 0 Å². The highest BCUT2D eigenvalue weighted by Gasteiger charge is 2.34. The van der Waals surface area contributed by atoms with E-state index in [0.717, 1.165) is 33.6 Å². The van der Waals surface area contributed by atoms with Crippen LogP contribution in [-0.4, -0.2) is 52.3 Å². The number of carbonyl (C=O) groups is 1. The monoisotopic (exact) mass is 420 g/mol. The minimum atomic E-state index is -0.447. The van der Waals surface area contributed by atoms with E-state index in [1.165, 1.54) is 46.0 Å². The average molecular weight is 421 g/mol. The van der Waals surface area contributed by atoms with Crippen molar-refractivity contribution in [2.75, 3.05) is 32.5 Å². The lowest BCUT2D eigenvalue weighted by Crippen LogP contribution is -2.43. The predicted molar refractivity (Wildman–Crippen MR) is 119 cm³/mol. The van der Waals surface area contributed by atoms with Crippen LogP contribution in [-0.2, 0) is 11.3 Å². The van der Waals surface area contributed by atoms with Crippen LogP contribution < -0.4 is 11.1 Å². The quantitative estimate of drug-likeness (QED) is 0.636. The van der Waals surface area contributed by atoms with Crippen molar-refractivity contribution >= 4 is 22.9 Å². The molecule has 5 rings (SSSR count). The summed E-state index contributed by atoms with van der Waals surface area (Å²) in [4.78, 5) is 22.8. The third-order valence-electron chi connectivity index (χ3n) is 6.57. The van der Waals surface area contributed by atoms with Crippen molar-refractivity contribution in [3.8, 4) is 11.1 Å². The summed E-state index contributed by atoms with van der Waals surface area (Å²) in [5.74, 6) is 1.26. The van der Waals surface area contributed by atoms with Gasteiger partial charge in [-0.25, -0.2) is 14.8 Å². The fourth-order valence-corrected chi connectivity index (χ4v) is 4.71. The van der Waals surface area contributed by atoms with Crippen molar-refractivity contribution in [2.45, 2.75) is 31.8 Å². The van der Waals surface area contributed by atoms with Crippen molar-refractivity contribution in [3.63, 3.8) is 0 Å². The van der Waals surface area contributed by atoms with E-state index in [4.69, 9.17) is 5.73 Å². The molecule has 1 aromatic carbocycles. The van der Waals surface area contributed by atoms with Gasteiger partial charge < -0.3 is 25.3 Å². The largest absolute Gasteiger partial charge is 0.453 e. The maximum absolute atomic E-state index is 11.4.